The number of anilines is 1. The molecule has 0 bridgehead atoms. The highest BCUT2D eigenvalue weighted by Crippen LogP contribution is 2.38. The number of fused-ring (bicyclic) bond motifs is 3. The zero-order chi connectivity index (χ0) is 21.1. The molecule has 29 heavy (non-hydrogen) atoms. The standard InChI is InChI=1S/C22H22N6O/c1-11-6-7-16(29)12(2)18(11)28-20-14(17-19(24)25-10-26-21(17)28)8-15(13(3)27-20)22(4,5)9-23/h6-8,10,29H,1-5H3,(H2,24,25,26). The maximum Gasteiger partial charge on any atom is 0.152 e. The number of hydrogen-bond donors (Lipinski definition) is 2. The molecule has 0 atom stereocenters. The van der Waals surface area contributed by atoms with E-state index < -0.39 is 5.41 Å². The maximum absolute atomic E-state index is 10.3. The fourth-order valence-electron chi connectivity index (χ4n) is 3.94. The number of pyridine rings is 1. The predicted molar refractivity (Wildman–Crippen MR) is 113 cm³/mol. The van der Waals surface area contributed by atoms with Crippen molar-refractivity contribution in [2.24, 2.45) is 0 Å². The Bertz CT molecular complexity index is 1340. The van der Waals surface area contributed by atoms with E-state index in [9.17, 15) is 10.4 Å². The van der Waals surface area contributed by atoms with E-state index in [0.29, 0.717) is 22.5 Å². The summed E-state index contributed by atoms with van der Waals surface area (Å²) in [5.41, 5.74) is 10.9. The number of aryl methyl sites for hydroxylation is 2. The average molecular weight is 386 g/mol. The van der Waals surface area contributed by atoms with Gasteiger partial charge in [-0.05, 0) is 57.9 Å². The molecule has 1 aromatic carbocycles. The minimum atomic E-state index is -0.707. The van der Waals surface area contributed by atoms with Gasteiger partial charge in [-0.1, -0.05) is 6.07 Å². The first kappa shape index (κ1) is 18.7. The number of hydrogen-bond acceptors (Lipinski definition) is 6. The van der Waals surface area contributed by atoms with Crippen molar-refractivity contribution in [3.05, 3.63) is 46.9 Å². The van der Waals surface area contributed by atoms with Gasteiger partial charge >= 0.3 is 0 Å². The summed E-state index contributed by atoms with van der Waals surface area (Å²) in [6.07, 6.45) is 1.42. The van der Waals surface area contributed by atoms with E-state index in [1.165, 1.54) is 6.33 Å². The van der Waals surface area contributed by atoms with Gasteiger partial charge in [0.15, 0.2) is 5.65 Å². The van der Waals surface area contributed by atoms with E-state index >= 15 is 0 Å². The number of nitrogens with two attached hydrogens (primary N) is 1. The molecule has 4 aromatic rings. The zero-order valence-electron chi connectivity index (χ0n) is 17.1. The summed E-state index contributed by atoms with van der Waals surface area (Å²) >= 11 is 0. The Balaban J connectivity index is 2.26. The van der Waals surface area contributed by atoms with Crippen molar-refractivity contribution >= 4 is 27.9 Å². The summed E-state index contributed by atoms with van der Waals surface area (Å²) < 4.78 is 1.92. The lowest BCUT2D eigenvalue weighted by molar-refractivity contribution is 0.470. The predicted octanol–water partition coefficient (Wildman–Crippen LogP) is 3.98. The highest BCUT2D eigenvalue weighted by molar-refractivity contribution is 6.11. The molecule has 7 heteroatoms. The Morgan fingerprint density at radius 3 is 2.55 bits per heavy atom. The second-order valence-electron chi connectivity index (χ2n) is 7.90. The Kier molecular flexibility index (Phi) is 3.98. The number of nitriles is 1. The number of nitrogen functional groups attached to an aromatic ring is 1. The normalized spacial score (nSPS) is 11.9. The molecule has 4 rings (SSSR count). The molecule has 0 aliphatic rings. The first-order valence-corrected chi connectivity index (χ1v) is 9.31. The van der Waals surface area contributed by atoms with Crippen LogP contribution in [0.2, 0.25) is 0 Å². The van der Waals surface area contributed by atoms with Crippen LogP contribution in [-0.2, 0) is 5.41 Å². The summed E-state index contributed by atoms with van der Waals surface area (Å²) in [4.78, 5) is 13.5. The lowest BCUT2D eigenvalue weighted by Crippen LogP contribution is -2.16. The van der Waals surface area contributed by atoms with Crippen LogP contribution in [0.4, 0.5) is 5.82 Å². The quantitative estimate of drug-likeness (QED) is 0.538. The summed E-state index contributed by atoms with van der Waals surface area (Å²) in [5.74, 6) is 0.544. The topological polar surface area (TPSA) is 114 Å². The van der Waals surface area contributed by atoms with Gasteiger partial charge in [0.25, 0.3) is 0 Å². The SMILES string of the molecule is Cc1ccc(O)c(C)c1-n1c2nc(C)c(C(C)(C)C#N)cc2c2c(N)ncnc21. The monoisotopic (exact) mass is 386 g/mol. The number of phenolic OH excluding ortho intramolecular Hbond substituents is 1. The first-order chi connectivity index (χ1) is 13.7. The molecule has 0 aliphatic heterocycles. The summed E-state index contributed by atoms with van der Waals surface area (Å²) in [5, 5.41) is 21.4. The Morgan fingerprint density at radius 2 is 1.86 bits per heavy atom. The zero-order valence-corrected chi connectivity index (χ0v) is 17.1. The lowest BCUT2D eigenvalue weighted by atomic mass is 9.85. The third-order valence-corrected chi connectivity index (χ3v) is 5.52. The fourth-order valence-corrected chi connectivity index (χ4v) is 3.94. The van der Waals surface area contributed by atoms with Gasteiger partial charge in [0.2, 0.25) is 0 Å². The molecule has 0 unspecified atom stereocenters. The summed E-state index contributed by atoms with van der Waals surface area (Å²) in [6, 6.07) is 7.85. The van der Waals surface area contributed by atoms with E-state index in [1.807, 2.05) is 51.3 Å². The van der Waals surface area contributed by atoms with Crippen LogP contribution in [0, 0.1) is 32.1 Å². The average Bonchev–Trinajstić information content (AvgIpc) is 2.99. The van der Waals surface area contributed by atoms with Gasteiger partial charge < -0.3 is 10.8 Å². The van der Waals surface area contributed by atoms with Crippen LogP contribution in [0.3, 0.4) is 0 Å². The molecule has 0 radical (unpaired) electrons. The van der Waals surface area contributed by atoms with Crippen LogP contribution in [-0.4, -0.2) is 24.6 Å². The molecular formula is C22H22N6O. The van der Waals surface area contributed by atoms with Crippen LogP contribution in [0.5, 0.6) is 5.75 Å². The van der Waals surface area contributed by atoms with Crippen molar-refractivity contribution in [2.75, 3.05) is 5.73 Å². The number of phenols is 1. The van der Waals surface area contributed by atoms with Gasteiger partial charge in [0, 0.05) is 16.6 Å². The minimum Gasteiger partial charge on any atom is -0.508 e. The van der Waals surface area contributed by atoms with Crippen molar-refractivity contribution in [1.29, 1.82) is 5.26 Å². The number of nitrogens with zero attached hydrogens (tertiary/aromatic N) is 5. The van der Waals surface area contributed by atoms with E-state index in [0.717, 1.165) is 33.5 Å². The number of aromatic nitrogens is 4. The van der Waals surface area contributed by atoms with Crippen LogP contribution < -0.4 is 5.73 Å². The van der Waals surface area contributed by atoms with Crippen LogP contribution in [0.1, 0.15) is 36.2 Å². The highest BCUT2D eigenvalue weighted by Gasteiger charge is 2.27. The van der Waals surface area contributed by atoms with Crippen molar-refractivity contribution in [3.63, 3.8) is 0 Å². The van der Waals surface area contributed by atoms with Gasteiger partial charge in [-0.2, -0.15) is 5.26 Å². The van der Waals surface area contributed by atoms with Crippen molar-refractivity contribution in [3.8, 4) is 17.5 Å². The second-order valence-corrected chi connectivity index (χ2v) is 7.90. The van der Waals surface area contributed by atoms with Gasteiger partial charge in [-0.3, -0.25) is 4.57 Å². The third kappa shape index (κ3) is 2.60. The molecule has 0 saturated heterocycles. The molecule has 0 spiro atoms. The van der Waals surface area contributed by atoms with Gasteiger partial charge in [-0.15, -0.1) is 0 Å². The summed E-state index contributed by atoms with van der Waals surface area (Å²) in [6.45, 7) is 9.47. The van der Waals surface area contributed by atoms with Crippen molar-refractivity contribution < 1.29 is 5.11 Å². The molecule has 3 heterocycles. The molecule has 0 amide bonds. The Morgan fingerprint density at radius 1 is 1.14 bits per heavy atom. The fraction of sp³-hybridized carbons (Fsp3) is 0.273. The van der Waals surface area contributed by atoms with E-state index in [4.69, 9.17) is 10.7 Å². The summed E-state index contributed by atoms with van der Waals surface area (Å²) in [7, 11) is 0. The molecule has 0 saturated carbocycles. The van der Waals surface area contributed by atoms with Gasteiger partial charge in [-0.25, -0.2) is 15.0 Å². The van der Waals surface area contributed by atoms with E-state index in [2.05, 4.69) is 16.0 Å². The van der Waals surface area contributed by atoms with Crippen LogP contribution in [0.15, 0.2) is 24.5 Å². The smallest absolute Gasteiger partial charge is 0.152 e. The number of rotatable bonds is 2. The maximum atomic E-state index is 10.3. The molecule has 3 aromatic heterocycles. The number of aromatic hydroxyl groups is 1. The molecular weight excluding hydrogens is 364 g/mol. The molecule has 3 N–H and O–H groups in total. The molecule has 0 fully saturated rings. The van der Waals surface area contributed by atoms with Crippen LogP contribution >= 0.6 is 0 Å². The largest absolute Gasteiger partial charge is 0.508 e. The van der Waals surface area contributed by atoms with E-state index in [-0.39, 0.29) is 5.75 Å². The van der Waals surface area contributed by atoms with Crippen LogP contribution in [0.25, 0.3) is 27.8 Å². The van der Waals surface area contributed by atoms with E-state index in [1.54, 1.807) is 6.07 Å². The lowest BCUT2D eigenvalue weighted by Gasteiger charge is -2.19. The number of benzene rings is 1. The van der Waals surface area contributed by atoms with Crippen molar-refractivity contribution in [2.45, 2.75) is 40.0 Å². The van der Waals surface area contributed by atoms with Crippen molar-refractivity contribution in [1.82, 2.24) is 19.5 Å². The van der Waals surface area contributed by atoms with Gasteiger partial charge in [0.1, 0.15) is 23.5 Å². The Hall–Kier alpha value is -3.66. The Labute approximate surface area is 168 Å². The minimum absolute atomic E-state index is 0.196. The molecule has 7 nitrogen and oxygen atoms in total. The molecule has 0 aliphatic carbocycles. The highest BCUT2D eigenvalue weighted by atomic mass is 16.3. The molecule has 146 valence electrons. The van der Waals surface area contributed by atoms with Gasteiger partial charge in [0.05, 0.1) is 22.6 Å². The first-order valence-electron chi connectivity index (χ1n) is 9.31. The third-order valence-electron chi connectivity index (χ3n) is 5.52. The second kappa shape index (κ2) is 6.17.